The third-order valence-electron chi connectivity index (χ3n) is 4.88. The lowest BCUT2D eigenvalue weighted by molar-refractivity contribution is -0.105. The van der Waals surface area contributed by atoms with Crippen molar-refractivity contribution in [2.24, 2.45) is 16.6 Å². The number of benzene rings is 3. The summed E-state index contributed by atoms with van der Waals surface area (Å²) in [7, 11) is 1.50. The Morgan fingerprint density at radius 2 is 1.72 bits per heavy atom. The summed E-state index contributed by atoms with van der Waals surface area (Å²) in [5.74, 6) is 1.93. The number of nitrogens with two attached hydrogens (primary N) is 2. The van der Waals surface area contributed by atoms with Crippen molar-refractivity contribution in [2.45, 2.75) is 12.6 Å². The van der Waals surface area contributed by atoms with Gasteiger partial charge in [-0.1, -0.05) is 36.4 Å². The number of aldehydes is 1. The molecule has 0 fully saturated rings. The molecular formula is C24H25N5O3. The zero-order chi connectivity index (χ0) is 22.9. The standard InChI is InChI=1S/C23H20N4O3.CH5N/c24-22(15-7-10-19(11-8-15)30-18-4-2-1-3-5-18)20(14-28)23-25-13-16-6-9-17(27-29)12-21(16)26-23;1-2/h1-12,14,22,25-26H,13,24H2;2H2,1H3/b23-20-;. The van der Waals surface area contributed by atoms with Crippen LogP contribution in [0.4, 0.5) is 11.4 Å². The van der Waals surface area contributed by atoms with Crippen molar-refractivity contribution < 1.29 is 9.53 Å². The first kappa shape index (κ1) is 22.7. The molecule has 8 heteroatoms. The second-order valence-corrected chi connectivity index (χ2v) is 6.82. The quantitative estimate of drug-likeness (QED) is 0.263. The number of carbonyl (C=O) groups is 1. The molecule has 0 aromatic heterocycles. The molecule has 1 atom stereocenters. The number of hydrogen-bond acceptors (Lipinski definition) is 8. The van der Waals surface area contributed by atoms with Gasteiger partial charge in [-0.15, -0.1) is 4.91 Å². The predicted octanol–water partition coefficient (Wildman–Crippen LogP) is 4.08. The highest BCUT2D eigenvalue weighted by atomic mass is 16.5. The summed E-state index contributed by atoms with van der Waals surface area (Å²) in [5, 5.41) is 9.29. The summed E-state index contributed by atoms with van der Waals surface area (Å²) in [4.78, 5) is 22.7. The van der Waals surface area contributed by atoms with Crippen LogP contribution in [-0.4, -0.2) is 13.3 Å². The molecule has 1 unspecified atom stereocenters. The van der Waals surface area contributed by atoms with E-state index in [2.05, 4.69) is 21.5 Å². The number of rotatable bonds is 6. The Morgan fingerprint density at radius 1 is 1.03 bits per heavy atom. The predicted molar refractivity (Wildman–Crippen MR) is 125 cm³/mol. The average Bonchev–Trinajstić information content (AvgIpc) is 2.86. The molecule has 0 saturated heterocycles. The van der Waals surface area contributed by atoms with Crippen LogP contribution in [0, 0.1) is 4.91 Å². The fraction of sp³-hybridized carbons (Fsp3) is 0.125. The van der Waals surface area contributed by atoms with Crippen LogP contribution in [0.1, 0.15) is 17.2 Å². The minimum absolute atomic E-state index is 0.313. The lowest BCUT2D eigenvalue weighted by atomic mass is 9.99. The van der Waals surface area contributed by atoms with Crippen LogP contribution in [0.2, 0.25) is 0 Å². The van der Waals surface area contributed by atoms with E-state index in [1.54, 1.807) is 12.1 Å². The Labute approximate surface area is 186 Å². The van der Waals surface area contributed by atoms with E-state index in [1.807, 2.05) is 60.7 Å². The second-order valence-electron chi connectivity index (χ2n) is 6.82. The summed E-state index contributed by atoms with van der Waals surface area (Å²) in [6, 6.07) is 21.2. The number of nitrogens with one attached hydrogen (secondary N) is 2. The van der Waals surface area contributed by atoms with Gasteiger partial charge in [0.05, 0.1) is 11.6 Å². The number of nitroso groups, excluding NO2 is 1. The Kier molecular flexibility index (Phi) is 7.69. The first-order chi connectivity index (χ1) is 15.7. The molecule has 0 spiro atoms. The van der Waals surface area contributed by atoms with E-state index in [1.165, 1.54) is 7.05 Å². The zero-order valence-electron chi connectivity index (χ0n) is 17.6. The van der Waals surface area contributed by atoms with Crippen molar-refractivity contribution in [1.29, 1.82) is 0 Å². The zero-order valence-corrected chi connectivity index (χ0v) is 17.6. The highest BCUT2D eigenvalue weighted by Gasteiger charge is 2.21. The molecule has 0 bridgehead atoms. The molecule has 1 aliphatic heterocycles. The van der Waals surface area contributed by atoms with Crippen molar-refractivity contribution in [3.05, 3.63) is 100 Å². The van der Waals surface area contributed by atoms with Crippen molar-refractivity contribution in [3.8, 4) is 11.5 Å². The molecule has 32 heavy (non-hydrogen) atoms. The van der Waals surface area contributed by atoms with Gasteiger partial charge in [-0.2, -0.15) is 0 Å². The number of fused-ring (bicyclic) bond motifs is 1. The minimum Gasteiger partial charge on any atom is -0.457 e. The maximum atomic E-state index is 11.9. The van der Waals surface area contributed by atoms with Crippen molar-refractivity contribution in [3.63, 3.8) is 0 Å². The molecule has 0 radical (unpaired) electrons. The van der Waals surface area contributed by atoms with Crippen molar-refractivity contribution >= 4 is 17.7 Å². The van der Waals surface area contributed by atoms with Gasteiger partial charge in [0, 0.05) is 12.2 Å². The molecule has 0 aliphatic carbocycles. The number of hydrogen-bond donors (Lipinski definition) is 4. The molecule has 0 amide bonds. The molecular weight excluding hydrogens is 406 g/mol. The van der Waals surface area contributed by atoms with Crippen LogP contribution in [0.25, 0.3) is 0 Å². The summed E-state index contributed by atoms with van der Waals surface area (Å²) in [6.07, 6.45) is 0.737. The number of nitrogens with zero attached hydrogens (tertiary/aromatic N) is 1. The molecule has 3 aromatic carbocycles. The molecule has 8 nitrogen and oxygen atoms in total. The van der Waals surface area contributed by atoms with E-state index < -0.39 is 6.04 Å². The maximum absolute atomic E-state index is 11.9. The van der Waals surface area contributed by atoms with Crippen LogP contribution in [0.15, 0.2) is 89.4 Å². The minimum atomic E-state index is -0.641. The average molecular weight is 431 g/mol. The van der Waals surface area contributed by atoms with E-state index in [-0.39, 0.29) is 0 Å². The Hall–Kier alpha value is -4.01. The second kappa shape index (κ2) is 10.9. The molecule has 3 aromatic rings. The van der Waals surface area contributed by atoms with Gasteiger partial charge in [0.1, 0.15) is 23.0 Å². The first-order valence-corrected chi connectivity index (χ1v) is 10.0. The summed E-state index contributed by atoms with van der Waals surface area (Å²) < 4.78 is 5.80. The highest BCUT2D eigenvalue weighted by molar-refractivity contribution is 5.79. The lowest BCUT2D eigenvalue weighted by Crippen LogP contribution is -2.30. The third kappa shape index (κ3) is 5.18. The fourth-order valence-corrected chi connectivity index (χ4v) is 3.26. The molecule has 0 saturated carbocycles. The van der Waals surface area contributed by atoms with Gasteiger partial charge in [0.2, 0.25) is 0 Å². The Balaban J connectivity index is 0.00000141. The van der Waals surface area contributed by atoms with Crippen LogP contribution in [-0.2, 0) is 11.3 Å². The summed E-state index contributed by atoms with van der Waals surface area (Å²) >= 11 is 0. The molecule has 1 aliphatic rings. The maximum Gasteiger partial charge on any atom is 0.151 e. The van der Waals surface area contributed by atoms with Gasteiger partial charge in [0.15, 0.2) is 6.29 Å². The smallest absolute Gasteiger partial charge is 0.151 e. The normalized spacial score (nSPS) is 14.3. The SMILES string of the molecule is CN.NC(/C(C=O)=C1/NCc2ccc(N=O)cc2N1)c1ccc(Oc2ccccc2)cc1. The molecule has 4 rings (SSSR count). The van der Waals surface area contributed by atoms with Gasteiger partial charge in [-0.3, -0.25) is 4.79 Å². The number of para-hydroxylation sites is 1. The van der Waals surface area contributed by atoms with Gasteiger partial charge in [0.25, 0.3) is 0 Å². The van der Waals surface area contributed by atoms with E-state index in [0.717, 1.165) is 28.8 Å². The molecule has 1 heterocycles. The topological polar surface area (TPSA) is 132 Å². The third-order valence-corrected chi connectivity index (χ3v) is 4.88. The fourth-order valence-electron chi connectivity index (χ4n) is 3.26. The van der Waals surface area contributed by atoms with E-state index in [9.17, 15) is 9.70 Å². The van der Waals surface area contributed by atoms with E-state index >= 15 is 0 Å². The van der Waals surface area contributed by atoms with E-state index in [0.29, 0.717) is 29.4 Å². The molecule has 164 valence electrons. The monoisotopic (exact) mass is 431 g/mol. The van der Waals surface area contributed by atoms with E-state index in [4.69, 9.17) is 10.5 Å². The number of anilines is 1. The van der Waals surface area contributed by atoms with Gasteiger partial charge in [-0.05, 0) is 59.7 Å². The van der Waals surface area contributed by atoms with Gasteiger partial charge >= 0.3 is 0 Å². The first-order valence-electron chi connectivity index (χ1n) is 10.0. The number of ether oxygens (including phenoxy) is 1. The van der Waals surface area contributed by atoms with Crippen LogP contribution in [0.5, 0.6) is 11.5 Å². The number of carbonyl (C=O) groups excluding carboxylic acids is 1. The van der Waals surface area contributed by atoms with Crippen LogP contribution in [0.3, 0.4) is 0 Å². The summed E-state index contributed by atoms with van der Waals surface area (Å²) in [5.41, 5.74) is 14.0. The van der Waals surface area contributed by atoms with Crippen molar-refractivity contribution in [2.75, 3.05) is 12.4 Å². The Bertz CT molecular complexity index is 1100. The largest absolute Gasteiger partial charge is 0.457 e. The van der Waals surface area contributed by atoms with Gasteiger partial charge in [-0.25, -0.2) is 0 Å². The lowest BCUT2D eigenvalue weighted by Gasteiger charge is -2.26. The Morgan fingerprint density at radius 3 is 2.38 bits per heavy atom. The van der Waals surface area contributed by atoms with Gasteiger partial charge < -0.3 is 26.8 Å². The molecule has 6 N–H and O–H groups in total. The van der Waals surface area contributed by atoms with Crippen molar-refractivity contribution in [1.82, 2.24) is 5.32 Å². The van der Waals surface area contributed by atoms with Crippen LogP contribution < -0.4 is 26.8 Å². The summed E-state index contributed by atoms with van der Waals surface area (Å²) in [6.45, 7) is 0.505. The van der Waals surface area contributed by atoms with Crippen LogP contribution >= 0.6 is 0 Å². The highest BCUT2D eigenvalue weighted by Crippen LogP contribution is 2.30.